The fourth-order valence-corrected chi connectivity index (χ4v) is 2.27. The highest BCUT2D eigenvalue weighted by atomic mass is 127. The molecule has 1 aliphatic rings. The van der Waals surface area contributed by atoms with Crippen molar-refractivity contribution in [3.05, 3.63) is 27.3 Å². The van der Waals surface area contributed by atoms with Crippen LogP contribution in [0.4, 0.5) is 0 Å². The molecule has 15 heavy (non-hydrogen) atoms. The molecule has 0 aliphatic carbocycles. The van der Waals surface area contributed by atoms with Gasteiger partial charge in [-0.3, -0.25) is 4.79 Å². The Morgan fingerprint density at radius 1 is 1.60 bits per heavy atom. The van der Waals surface area contributed by atoms with Crippen LogP contribution < -0.4 is 4.74 Å². The van der Waals surface area contributed by atoms with Gasteiger partial charge in [0.05, 0.1) is 19.6 Å². The monoisotopic (exact) mass is 318 g/mol. The van der Waals surface area contributed by atoms with E-state index in [2.05, 4.69) is 22.6 Å². The third kappa shape index (κ3) is 2.09. The fourth-order valence-electron chi connectivity index (χ4n) is 1.75. The molecule has 4 heteroatoms. The van der Waals surface area contributed by atoms with Crippen LogP contribution in [-0.4, -0.2) is 19.7 Å². The summed E-state index contributed by atoms with van der Waals surface area (Å²) in [5, 5.41) is 0. The molecule has 0 saturated heterocycles. The highest BCUT2D eigenvalue weighted by molar-refractivity contribution is 14.1. The number of methoxy groups -OCH3 is 1. The van der Waals surface area contributed by atoms with E-state index >= 15 is 0 Å². The zero-order valence-electron chi connectivity index (χ0n) is 8.33. The summed E-state index contributed by atoms with van der Waals surface area (Å²) in [5.74, 6) is 0.451. The average molecular weight is 318 g/mol. The zero-order valence-corrected chi connectivity index (χ0v) is 10.5. The molecular formula is C11H11IO3. The molecule has 0 bridgehead atoms. The molecule has 0 unspecified atom stereocenters. The summed E-state index contributed by atoms with van der Waals surface area (Å²) in [4.78, 5) is 11.6. The predicted octanol–water partition coefficient (Wildman–Crippen LogP) is 2.33. The molecule has 0 N–H and O–H groups in total. The number of esters is 1. The van der Waals surface area contributed by atoms with Crippen LogP contribution >= 0.6 is 22.6 Å². The van der Waals surface area contributed by atoms with E-state index in [1.807, 2.05) is 18.2 Å². The van der Waals surface area contributed by atoms with Crippen LogP contribution in [0.3, 0.4) is 0 Å². The smallest absolute Gasteiger partial charge is 0.313 e. The van der Waals surface area contributed by atoms with Crippen LogP contribution in [0.1, 0.15) is 17.9 Å². The predicted molar refractivity (Wildman–Crippen MR) is 64.0 cm³/mol. The Balaban J connectivity index is 2.40. The summed E-state index contributed by atoms with van der Waals surface area (Å²) >= 11 is 2.22. The molecule has 0 radical (unpaired) electrons. The van der Waals surface area contributed by atoms with Gasteiger partial charge in [-0.25, -0.2) is 0 Å². The van der Waals surface area contributed by atoms with E-state index in [1.165, 1.54) is 7.11 Å². The first-order valence-electron chi connectivity index (χ1n) is 4.72. The summed E-state index contributed by atoms with van der Waals surface area (Å²) in [7, 11) is 1.42. The Bertz CT molecular complexity index is 389. The molecule has 0 amide bonds. The van der Waals surface area contributed by atoms with E-state index in [0.717, 1.165) is 14.9 Å². The second-order valence-corrected chi connectivity index (χ2v) is 4.64. The van der Waals surface area contributed by atoms with Crippen LogP contribution in [-0.2, 0) is 9.53 Å². The maximum atomic E-state index is 11.6. The summed E-state index contributed by atoms with van der Waals surface area (Å²) in [6, 6.07) is 5.86. The third-order valence-corrected chi connectivity index (χ3v) is 3.17. The van der Waals surface area contributed by atoms with Gasteiger partial charge < -0.3 is 9.47 Å². The molecule has 80 valence electrons. The first-order valence-corrected chi connectivity index (χ1v) is 5.80. The van der Waals surface area contributed by atoms with Crippen molar-refractivity contribution >= 4 is 28.6 Å². The molecule has 1 aromatic rings. The number of halogens is 1. The number of hydrogen-bond donors (Lipinski definition) is 0. The lowest BCUT2D eigenvalue weighted by molar-refractivity contribution is -0.143. The largest absolute Gasteiger partial charge is 0.493 e. The topological polar surface area (TPSA) is 35.5 Å². The van der Waals surface area contributed by atoms with Crippen LogP contribution in [0.15, 0.2) is 18.2 Å². The van der Waals surface area contributed by atoms with Gasteiger partial charge in [0, 0.05) is 9.13 Å². The maximum Gasteiger partial charge on any atom is 0.313 e. The van der Waals surface area contributed by atoms with E-state index in [4.69, 9.17) is 9.47 Å². The van der Waals surface area contributed by atoms with Gasteiger partial charge in [-0.1, -0.05) is 0 Å². The van der Waals surface area contributed by atoms with Gasteiger partial charge in [0.2, 0.25) is 0 Å². The molecule has 3 nitrogen and oxygen atoms in total. The summed E-state index contributed by atoms with van der Waals surface area (Å²) < 4.78 is 11.4. The molecule has 2 rings (SSSR count). The summed E-state index contributed by atoms with van der Waals surface area (Å²) in [6.07, 6.45) is 0.694. The van der Waals surface area contributed by atoms with Crippen molar-refractivity contribution in [2.75, 3.05) is 13.7 Å². The average Bonchev–Trinajstić information content (AvgIpc) is 2.27. The Hall–Kier alpha value is -0.780. The van der Waals surface area contributed by atoms with Gasteiger partial charge in [-0.15, -0.1) is 0 Å². The quantitative estimate of drug-likeness (QED) is 0.589. The number of benzene rings is 1. The van der Waals surface area contributed by atoms with E-state index in [9.17, 15) is 4.79 Å². The van der Waals surface area contributed by atoms with Crippen LogP contribution in [0.25, 0.3) is 0 Å². The van der Waals surface area contributed by atoms with Crippen LogP contribution in [0.2, 0.25) is 0 Å². The lowest BCUT2D eigenvalue weighted by Crippen LogP contribution is -2.22. The normalized spacial score (nSPS) is 18.9. The first-order chi connectivity index (χ1) is 7.22. The van der Waals surface area contributed by atoms with Crippen molar-refractivity contribution in [2.24, 2.45) is 0 Å². The zero-order chi connectivity index (χ0) is 10.8. The minimum Gasteiger partial charge on any atom is -0.493 e. The van der Waals surface area contributed by atoms with Gasteiger partial charge in [0.15, 0.2) is 0 Å². The van der Waals surface area contributed by atoms with E-state index < -0.39 is 0 Å². The highest BCUT2D eigenvalue weighted by Gasteiger charge is 2.28. The number of carbonyl (C=O) groups is 1. The Kier molecular flexibility index (Phi) is 3.14. The maximum absolute atomic E-state index is 11.6. The lowest BCUT2D eigenvalue weighted by atomic mass is 9.93. The molecule has 0 aromatic heterocycles. The SMILES string of the molecule is COC(=O)[C@@H]1CCOc2ccc(I)cc21. The van der Waals surface area contributed by atoms with Gasteiger partial charge in [0.25, 0.3) is 0 Å². The van der Waals surface area contributed by atoms with E-state index in [0.29, 0.717) is 13.0 Å². The van der Waals surface area contributed by atoms with Crippen LogP contribution in [0.5, 0.6) is 5.75 Å². The number of rotatable bonds is 1. The van der Waals surface area contributed by atoms with Crippen molar-refractivity contribution < 1.29 is 14.3 Å². The van der Waals surface area contributed by atoms with E-state index in [-0.39, 0.29) is 11.9 Å². The number of carbonyl (C=O) groups excluding carboxylic acids is 1. The summed E-state index contributed by atoms with van der Waals surface area (Å²) in [5.41, 5.74) is 0.944. The second kappa shape index (κ2) is 4.38. The molecule has 1 aliphatic heterocycles. The molecule has 1 atom stereocenters. The van der Waals surface area contributed by atoms with Crippen molar-refractivity contribution in [1.29, 1.82) is 0 Å². The number of fused-ring (bicyclic) bond motifs is 1. The highest BCUT2D eigenvalue weighted by Crippen LogP contribution is 2.35. The van der Waals surface area contributed by atoms with Gasteiger partial charge in [-0.2, -0.15) is 0 Å². The van der Waals surface area contributed by atoms with Crippen molar-refractivity contribution in [2.45, 2.75) is 12.3 Å². The van der Waals surface area contributed by atoms with Crippen molar-refractivity contribution in [3.63, 3.8) is 0 Å². The van der Waals surface area contributed by atoms with Gasteiger partial charge in [0.1, 0.15) is 5.75 Å². The Morgan fingerprint density at radius 2 is 2.40 bits per heavy atom. The summed E-state index contributed by atoms with van der Waals surface area (Å²) in [6.45, 7) is 0.577. The van der Waals surface area contributed by atoms with E-state index in [1.54, 1.807) is 0 Å². The minimum atomic E-state index is -0.179. The Labute approximate surface area is 102 Å². The van der Waals surface area contributed by atoms with Crippen LogP contribution in [0, 0.1) is 3.57 Å². The molecule has 0 fully saturated rings. The lowest BCUT2D eigenvalue weighted by Gasteiger charge is -2.24. The molecule has 1 aromatic carbocycles. The molecule has 1 heterocycles. The molecule has 0 saturated carbocycles. The first kappa shape index (κ1) is 10.7. The second-order valence-electron chi connectivity index (χ2n) is 3.40. The van der Waals surface area contributed by atoms with Crippen molar-refractivity contribution in [3.8, 4) is 5.75 Å². The number of ether oxygens (including phenoxy) is 2. The molecule has 0 spiro atoms. The minimum absolute atomic E-state index is 0.173. The standard InChI is InChI=1S/C11H11IO3/c1-14-11(13)8-4-5-15-10-3-2-7(12)6-9(8)10/h2-3,6,8H,4-5H2,1H3/t8-/m1/s1. The fraction of sp³-hybridized carbons (Fsp3) is 0.364. The number of hydrogen-bond acceptors (Lipinski definition) is 3. The molecular weight excluding hydrogens is 307 g/mol. The van der Waals surface area contributed by atoms with Crippen molar-refractivity contribution in [1.82, 2.24) is 0 Å². The van der Waals surface area contributed by atoms with Gasteiger partial charge in [-0.05, 0) is 47.2 Å². The third-order valence-electron chi connectivity index (χ3n) is 2.50. The Morgan fingerprint density at radius 3 is 3.13 bits per heavy atom. The van der Waals surface area contributed by atoms with Gasteiger partial charge >= 0.3 is 5.97 Å².